The van der Waals surface area contributed by atoms with Crippen molar-refractivity contribution in [3.63, 3.8) is 0 Å². The van der Waals surface area contributed by atoms with Gasteiger partial charge in [-0.1, -0.05) is 12.1 Å². The highest BCUT2D eigenvalue weighted by atomic mass is 19.1. The Morgan fingerprint density at radius 1 is 1.30 bits per heavy atom. The highest BCUT2D eigenvalue weighted by Gasteiger charge is 2.63. The molecule has 7 heteroatoms. The number of aromatic nitrogens is 2. The molecule has 2 bridgehead atoms. The number of halogens is 1. The highest BCUT2D eigenvalue weighted by Crippen LogP contribution is 2.54. The minimum absolute atomic E-state index is 0.0852. The molecular formula is C20H21FN4O2. The first-order valence-electron chi connectivity index (χ1n) is 9.39. The van der Waals surface area contributed by atoms with Crippen LogP contribution in [0.4, 0.5) is 10.3 Å². The Morgan fingerprint density at radius 2 is 2.11 bits per heavy atom. The second-order valence-corrected chi connectivity index (χ2v) is 7.65. The van der Waals surface area contributed by atoms with Crippen LogP contribution in [0.25, 0.3) is 0 Å². The summed E-state index contributed by atoms with van der Waals surface area (Å²) in [5, 5.41) is 2.92. The first-order chi connectivity index (χ1) is 13.2. The summed E-state index contributed by atoms with van der Waals surface area (Å²) in [6.45, 7) is 2.10. The van der Waals surface area contributed by atoms with Crippen LogP contribution < -0.4 is 10.2 Å². The van der Waals surface area contributed by atoms with Gasteiger partial charge in [-0.3, -0.25) is 4.79 Å². The van der Waals surface area contributed by atoms with Crippen LogP contribution in [-0.4, -0.2) is 47.2 Å². The van der Waals surface area contributed by atoms with E-state index in [1.165, 1.54) is 12.1 Å². The van der Waals surface area contributed by atoms with E-state index < -0.39 is 5.82 Å². The molecule has 6 nitrogen and oxygen atoms in total. The van der Waals surface area contributed by atoms with Gasteiger partial charge in [0.05, 0.1) is 23.8 Å². The first-order valence-corrected chi connectivity index (χ1v) is 9.39. The van der Waals surface area contributed by atoms with E-state index in [1.807, 2.05) is 6.07 Å². The van der Waals surface area contributed by atoms with Crippen LogP contribution >= 0.6 is 0 Å². The average molecular weight is 368 g/mol. The van der Waals surface area contributed by atoms with Crippen LogP contribution in [-0.2, 0) is 4.74 Å². The molecular weight excluding hydrogens is 347 g/mol. The van der Waals surface area contributed by atoms with Crippen molar-refractivity contribution in [1.82, 2.24) is 15.3 Å². The van der Waals surface area contributed by atoms with E-state index in [2.05, 4.69) is 20.2 Å². The third-order valence-corrected chi connectivity index (χ3v) is 6.24. The van der Waals surface area contributed by atoms with Gasteiger partial charge in [0, 0.05) is 37.3 Å². The van der Waals surface area contributed by atoms with Gasteiger partial charge in [-0.05, 0) is 31.0 Å². The lowest BCUT2D eigenvalue weighted by molar-refractivity contribution is 0.0141. The third-order valence-electron chi connectivity index (χ3n) is 6.24. The zero-order chi connectivity index (χ0) is 18.4. The van der Waals surface area contributed by atoms with Gasteiger partial charge in [-0.2, -0.15) is 0 Å². The zero-order valence-electron chi connectivity index (χ0n) is 14.8. The van der Waals surface area contributed by atoms with Crippen molar-refractivity contribution < 1.29 is 13.9 Å². The molecule has 1 aromatic carbocycles. The Bertz CT molecular complexity index is 864. The second-order valence-electron chi connectivity index (χ2n) is 7.65. The molecule has 1 spiro atoms. The van der Waals surface area contributed by atoms with Gasteiger partial charge in [0.15, 0.2) is 0 Å². The van der Waals surface area contributed by atoms with Gasteiger partial charge in [0.25, 0.3) is 5.91 Å². The van der Waals surface area contributed by atoms with Crippen LogP contribution in [0.5, 0.6) is 0 Å². The van der Waals surface area contributed by atoms with Crippen LogP contribution in [0.15, 0.2) is 42.7 Å². The highest BCUT2D eigenvalue weighted by molar-refractivity contribution is 5.94. The molecule has 4 heterocycles. The second kappa shape index (κ2) is 6.27. The maximum Gasteiger partial charge on any atom is 0.254 e. The lowest BCUT2D eigenvalue weighted by atomic mass is 9.73. The van der Waals surface area contributed by atoms with Crippen molar-refractivity contribution in [2.45, 2.75) is 24.5 Å². The summed E-state index contributed by atoms with van der Waals surface area (Å²) in [7, 11) is 0. The summed E-state index contributed by atoms with van der Waals surface area (Å²) in [5.74, 6) is 0.404. The monoisotopic (exact) mass is 368 g/mol. The molecule has 3 saturated heterocycles. The lowest BCUT2D eigenvalue weighted by Gasteiger charge is -2.29. The van der Waals surface area contributed by atoms with Crippen molar-refractivity contribution in [3.05, 3.63) is 54.1 Å². The molecule has 3 fully saturated rings. The van der Waals surface area contributed by atoms with E-state index in [9.17, 15) is 9.18 Å². The Hall–Kier alpha value is -2.54. The molecule has 2 aromatic rings. The summed E-state index contributed by atoms with van der Waals surface area (Å²) in [5.41, 5.74) is -0.0842. The molecule has 5 rings (SSSR count). The van der Waals surface area contributed by atoms with Crippen molar-refractivity contribution >= 4 is 11.9 Å². The van der Waals surface area contributed by atoms with E-state index >= 15 is 0 Å². The van der Waals surface area contributed by atoms with Crippen molar-refractivity contribution in [2.75, 3.05) is 24.5 Å². The predicted molar refractivity (Wildman–Crippen MR) is 96.8 cm³/mol. The normalized spacial score (nSPS) is 31.1. The van der Waals surface area contributed by atoms with Crippen molar-refractivity contribution in [1.29, 1.82) is 0 Å². The molecule has 1 amide bonds. The fourth-order valence-corrected chi connectivity index (χ4v) is 5.02. The van der Waals surface area contributed by atoms with Crippen LogP contribution in [0.1, 0.15) is 23.2 Å². The number of rotatable bonds is 4. The average Bonchev–Trinajstić information content (AvgIpc) is 3.36. The molecule has 27 heavy (non-hydrogen) atoms. The summed E-state index contributed by atoms with van der Waals surface area (Å²) in [6, 6.07) is 7.87. The molecule has 1 N–H and O–H groups in total. The summed E-state index contributed by atoms with van der Waals surface area (Å²) in [4.78, 5) is 23.3. The number of amides is 1. The molecule has 140 valence electrons. The maximum absolute atomic E-state index is 13.8. The Labute approximate surface area is 156 Å². The molecule has 3 aliphatic heterocycles. The molecule has 0 aliphatic carbocycles. The van der Waals surface area contributed by atoms with Gasteiger partial charge >= 0.3 is 0 Å². The maximum atomic E-state index is 13.8. The number of fused-ring (bicyclic) bond motifs is 1. The van der Waals surface area contributed by atoms with Crippen molar-refractivity contribution in [3.8, 4) is 0 Å². The summed E-state index contributed by atoms with van der Waals surface area (Å²) >= 11 is 0. The van der Waals surface area contributed by atoms with E-state index in [0.717, 1.165) is 31.9 Å². The van der Waals surface area contributed by atoms with Crippen LogP contribution in [0.3, 0.4) is 0 Å². The number of carbonyl (C=O) groups excluding carboxylic acids is 1. The van der Waals surface area contributed by atoms with E-state index in [-0.39, 0.29) is 29.1 Å². The number of carbonyl (C=O) groups is 1. The van der Waals surface area contributed by atoms with Gasteiger partial charge in [-0.15, -0.1) is 0 Å². The van der Waals surface area contributed by atoms with E-state index in [1.54, 1.807) is 24.5 Å². The predicted octanol–water partition coefficient (Wildman–Crippen LogP) is 2.03. The molecule has 1 aromatic heterocycles. The number of nitrogens with one attached hydrogen (secondary N) is 1. The Balaban J connectivity index is 1.30. The minimum atomic E-state index is -0.496. The Morgan fingerprint density at radius 3 is 2.93 bits per heavy atom. The van der Waals surface area contributed by atoms with Gasteiger partial charge in [-0.25, -0.2) is 14.4 Å². The summed E-state index contributed by atoms with van der Waals surface area (Å²) in [6.07, 6.45) is 5.69. The fourth-order valence-electron chi connectivity index (χ4n) is 5.02. The largest absolute Gasteiger partial charge is 0.369 e. The standard InChI is InChI=1S/C20H21FN4O2/c21-16-5-2-1-4-13(16)18(26)24-10-14-15-11-25(19-22-8-3-9-23-19)12-20(15)7-6-17(14)27-20/h1-5,8-9,14-15,17H,6-7,10-12H2,(H,24,26)/t14-,15+,17+,20+/m0/s1. The smallest absolute Gasteiger partial charge is 0.254 e. The van der Waals surface area contributed by atoms with Gasteiger partial charge in [0.2, 0.25) is 5.95 Å². The molecule has 0 unspecified atom stereocenters. The molecule has 0 radical (unpaired) electrons. The lowest BCUT2D eigenvalue weighted by Crippen LogP contribution is -2.42. The SMILES string of the molecule is O=C(NC[C@H]1[C@H]2CN(c3ncccn3)C[C@]23CC[C@H]1O3)c1ccccc1F. The van der Waals surface area contributed by atoms with Gasteiger partial charge < -0.3 is 15.0 Å². The van der Waals surface area contributed by atoms with E-state index in [4.69, 9.17) is 4.74 Å². The number of benzene rings is 1. The zero-order valence-corrected chi connectivity index (χ0v) is 14.8. The summed E-state index contributed by atoms with van der Waals surface area (Å²) < 4.78 is 20.2. The van der Waals surface area contributed by atoms with Crippen LogP contribution in [0, 0.1) is 17.7 Å². The van der Waals surface area contributed by atoms with Crippen LogP contribution in [0.2, 0.25) is 0 Å². The Kier molecular flexibility index (Phi) is 3.86. The quantitative estimate of drug-likeness (QED) is 0.894. The van der Waals surface area contributed by atoms with E-state index in [0.29, 0.717) is 12.5 Å². The first kappa shape index (κ1) is 16.6. The molecule has 0 saturated carbocycles. The number of ether oxygens (including phenoxy) is 1. The van der Waals surface area contributed by atoms with Crippen molar-refractivity contribution in [2.24, 2.45) is 11.8 Å². The number of nitrogens with zero attached hydrogens (tertiary/aromatic N) is 3. The number of hydrogen-bond donors (Lipinski definition) is 1. The number of hydrogen-bond acceptors (Lipinski definition) is 5. The number of anilines is 1. The van der Waals surface area contributed by atoms with Gasteiger partial charge in [0.1, 0.15) is 5.82 Å². The fraction of sp³-hybridized carbons (Fsp3) is 0.450. The molecule has 3 aliphatic rings. The third kappa shape index (κ3) is 2.68. The molecule has 4 atom stereocenters. The topological polar surface area (TPSA) is 67.4 Å². The minimum Gasteiger partial charge on any atom is -0.369 e.